The number of carbonyl (C=O) groups excluding carboxylic acids is 2. The molecule has 36 heavy (non-hydrogen) atoms. The third-order valence-corrected chi connectivity index (χ3v) is 6.76. The molecule has 1 saturated carbocycles. The van der Waals surface area contributed by atoms with Gasteiger partial charge in [0.15, 0.2) is 6.61 Å². The summed E-state index contributed by atoms with van der Waals surface area (Å²) in [6, 6.07) is 26.9. The van der Waals surface area contributed by atoms with Gasteiger partial charge in [-0.1, -0.05) is 97.6 Å². The first-order valence-corrected chi connectivity index (χ1v) is 13.0. The minimum atomic E-state index is -0.637. The van der Waals surface area contributed by atoms with Gasteiger partial charge in [-0.15, -0.1) is 0 Å². The van der Waals surface area contributed by atoms with Crippen LogP contribution >= 0.6 is 0 Å². The molecule has 4 rings (SSSR count). The van der Waals surface area contributed by atoms with Crippen LogP contribution in [0.2, 0.25) is 0 Å². The van der Waals surface area contributed by atoms with Crippen molar-refractivity contribution in [3.63, 3.8) is 0 Å². The minimum absolute atomic E-state index is 0.0912. The molecule has 0 radical (unpaired) electrons. The van der Waals surface area contributed by atoms with Crippen molar-refractivity contribution < 1.29 is 14.3 Å². The summed E-state index contributed by atoms with van der Waals surface area (Å²) in [5.41, 5.74) is 3.13. The SMILES string of the molecule is Cc1cccc(CN(C(=O)COc2ccccc2)C(Cc2ccccc2)C(=O)NC2CCCCC2)c1. The van der Waals surface area contributed by atoms with E-state index in [1.165, 1.54) is 6.42 Å². The van der Waals surface area contributed by atoms with Crippen LogP contribution in [-0.4, -0.2) is 35.4 Å². The number of hydrogen-bond donors (Lipinski definition) is 1. The molecule has 1 aliphatic carbocycles. The normalized spacial score (nSPS) is 14.6. The number of carbonyl (C=O) groups is 2. The van der Waals surface area contributed by atoms with Crippen LogP contribution in [0.1, 0.15) is 48.8 Å². The number of nitrogens with zero attached hydrogens (tertiary/aromatic N) is 1. The molecule has 3 aromatic rings. The maximum atomic E-state index is 13.7. The van der Waals surface area contributed by atoms with Gasteiger partial charge < -0.3 is 15.0 Å². The Balaban J connectivity index is 1.60. The van der Waals surface area contributed by atoms with E-state index in [0.717, 1.165) is 42.4 Å². The Morgan fingerprint density at radius 2 is 1.56 bits per heavy atom. The van der Waals surface area contributed by atoms with Gasteiger partial charge in [0.2, 0.25) is 5.91 Å². The maximum Gasteiger partial charge on any atom is 0.261 e. The van der Waals surface area contributed by atoms with Crippen molar-refractivity contribution in [2.45, 2.75) is 64.1 Å². The van der Waals surface area contributed by atoms with Crippen LogP contribution in [0.15, 0.2) is 84.9 Å². The number of ether oxygens (including phenoxy) is 1. The molecular weight excluding hydrogens is 448 g/mol. The molecule has 1 aliphatic rings. The molecule has 0 heterocycles. The molecule has 2 amide bonds. The van der Waals surface area contributed by atoms with E-state index in [0.29, 0.717) is 18.7 Å². The van der Waals surface area contributed by atoms with Crippen molar-refractivity contribution in [1.82, 2.24) is 10.2 Å². The average molecular weight is 485 g/mol. The lowest BCUT2D eigenvalue weighted by atomic mass is 9.94. The second-order valence-electron chi connectivity index (χ2n) is 9.66. The maximum absolute atomic E-state index is 13.7. The van der Waals surface area contributed by atoms with Gasteiger partial charge in [-0.2, -0.15) is 0 Å². The Bertz CT molecular complexity index is 1110. The molecule has 1 fully saturated rings. The lowest BCUT2D eigenvalue weighted by molar-refractivity contribution is -0.143. The van der Waals surface area contributed by atoms with Gasteiger partial charge in [0.05, 0.1) is 0 Å². The van der Waals surface area contributed by atoms with Crippen molar-refractivity contribution in [3.05, 3.63) is 102 Å². The highest BCUT2D eigenvalue weighted by Crippen LogP contribution is 2.20. The number of amides is 2. The standard InChI is InChI=1S/C31H36N2O3/c1-24-12-11-15-26(20-24)22-33(30(34)23-36-28-18-9-4-10-19-28)29(21-25-13-5-2-6-14-25)31(35)32-27-16-7-3-8-17-27/h2,4-6,9-15,18-20,27,29H,3,7-8,16-17,21-23H2,1H3,(H,32,35). The van der Waals surface area contributed by atoms with E-state index in [2.05, 4.69) is 11.4 Å². The van der Waals surface area contributed by atoms with Gasteiger partial charge in [0, 0.05) is 19.0 Å². The van der Waals surface area contributed by atoms with E-state index >= 15 is 0 Å². The van der Waals surface area contributed by atoms with Crippen molar-refractivity contribution in [2.75, 3.05) is 6.61 Å². The van der Waals surface area contributed by atoms with Crippen LogP contribution in [0.5, 0.6) is 5.75 Å². The molecule has 0 aromatic heterocycles. The fourth-order valence-electron chi connectivity index (χ4n) is 4.85. The smallest absolute Gasteiger partial charge is 0.261 e. The number of hydrogen-bond acceptors (Lipinski definition) is 3. The van der Waals surface area contributed by atoms with E-state index in [4.69, 9.17) is 4.74 Å². The Morgan fingerprint density at radius 3 is 2.25 bits per heavy atom. The predicted octanol–water partition coefficient (Wildman–Crippen LogP) is 5.46. The van der Waals surface area contributed by atoms with Gasteiger partial charge in [-0.05, 0) is 43.0 Å². The summed E-state index contributed by atoms with van der Waals surface area (Å²) >= 11 is 0. The lowest BCUT2D eigenvalue weighted by Crippen LogP contribution is -2.53. The first-order valence-electron chi connectivity index (χ1n) is 13.0. The Labute approximate surface area is 214 Å². The van der Waals surface area contributed by atoms with Crippen molar-refractivity contribution >= 4 is 11.8 Å². The zero-order valence-electron chi connectivity index (χ0n) is 21.1. The molecular formula is C31H36N2O3. The topological polar surface area (TPSA) is 58.6 Å². The van der Waals surface area contributed by atoms with Gasteiger partial charge >= 0.3 is 0 Å². The second kappa shape index (κ2) is 12.9. The van der Waals surface area contributed by atoms with Gasteiger partial charge in [0.25, 0.3) is 5.91 Å². The van der Waals surface area contributed by atoms with Gasteiger partial charge in [-0.25, -0.2) is 0 Å². The Morgan fingerprint density at radius 1 is 0.889 bits per heavy atom. The van der Waals surface area contributed by atoms with Gasteiger partial charge in [0.1, 0.15) is 11.8 Å². The summed E-state index contributed by atoms with van der Waals surface area (Å²) in [6.07, 6.45) is 5.91. The van der Waals surface area contributed by atoms with E-state index in [9.17, 15) is 9.59 Å². The summed E-state index contributed by atoms with van der Waals surface area (Å²) < 4.78 is 5.82. The van der Waals surface area contributed by atoms with Crippen LogP contribution in [-0.2, 0) is 22.6 Å². The van der Waals surface area contributed by atoms with Crippen LogP contribution in [0.3, 0.4) is 0 Å². The third-order valence-electron chi connectivity index (χ3n) is 6.76. The van der Waals surface area contributed by atoms with E-state index < -0.39 is 6.04 Å². The highest BCUT2D eigenvalue weighted by Gasteiger charge is 2.32. The van der Waals surface area contributed by atoms with Crippen molar-refractivity contribution in [3.8, 4) is 5.75 Å². The molecule has 0 saturated heterocycles. The molecule has 1 N–H and O–H groups in total. The fraction of sp³-hybridized carbons (Fsp3) is 0.355. The summed E-state index contributed by atoms with van der Waals surface area (Å²) in [5.74, 6) is 0.333. The minimum Gasteiger partial charge on any atom is -0.484 e. The summed E-state index contributed by atoms with van der Waals surface area (Å²) in [6.45, 7) is 2.25. The van der Waals surface area contributed by atoms with E-state index in [1.807, 2.05) is 85.8 Å². The van der Waals surface area contributed by atoms with Crippen molar-refractivity contribution in [1.29, 1.82) is 0 Å². The Kier molecular flexibility index (Phi) is 9.15. The monoisotopic (exact) mass is 484 g/mol. The Hall–Kier alpha value is -3.60. The van der Waals surface area contributed by atoms with Crippen LogP contribution < -0.4 is 10.1 Å². The highest BCUT2D eigenvalue weighted by atomic mass is 16.5. The molecule has 0 bridgehead atoms. The molecule has 0 spiro atoms. The quantitative estimate of drug-likeness (QED) is 0.416. The molecule has 3 aromatic carbocycles. The average Bonchev–Trinajstić information content (AvgIpc) is 2.91. The molecule has 188 valence electrons. The number of nitrogens with one attached hydrogen (secondary N) is 1. The van der Waals surface area contributed by atoms with E-state index in [1.54, 1.807) is 4.90 Å². The number of para-hydroxylation sites is 1. The van der Waals surface area contributed by atoms with Crippen LogP contribution in [0.4, 0.5) is 0 Å². The lowest BCUT2D eigenvalue weighted by Gasteiger charge is -2.33. The van der Waals surface area contributed by atoms with Crippen LogP contribution in [0, 0.1) is 6.92 Å². The third kappa shape index (κ3) is 7.45. The largest absolute Gasteiger partial charge is 0.484 e. The molecule has 5 nitrogen and oxygen atoms in total. The predicted molar refractivity (Wildman–Crippen MR) is 143 cm³/mol. The summed E-state index contributed by atoms with van der Waals surface area (Å²) in [4.78, 5) is 29.1. The zero-order valence-corrected chi connectivity index (χ0v) is 21.1. The first kappa shape index (κ1) is 25.5. The molecule has 5 heteroatoms. The molecule has 1 atom stereocenters. The van der Waals surface area contributed by atoms with Crippen molar-refractivity contribution in [2.24, 2.45) is 0 Å². The summed E-state index contributed by atoms with van der Waals surface area (Å²) in [7, 11) is 0. The zero-order chi connectivity index (χ0) is 25.2. The molecule has 0 aliphatic heterocycles. The summed E-state index contributed by atoms with van der Waals surface area (Å²) in [5, 5.41) is 3.27. The van der Waals surface area contributed by atoms with Gasteiger partial charge in [-0.3, -0.25) is 9.59 Å². The molecule has 1 unspecified atom stereocenters. The number of aryl methyl sites for hydroxylation is 1. The highest BCUT2D eigenvalue weighted by molar-refractivity contribution is 5.88. The number of benzene rings is 3. The number of rotatable bonds is 10. The van der Waals surface area contributed by atoms with E-state index in [-0.39, 0.29) is 24.5 Å². The first-order chi connectivity index (χ1) is 17.6. The fourth-order valence-corrected chi connectivity index (χ4v) is 4.85. The second-order valence-corrected chi connectivity index (χ2v) is 9.66. The van der Waals surface area contributed by atoms with Crippen LogP contribution in [0.25, 0.3) is 0 Å².